The molecule has 1 atom stereocenters. The van der Waals surface area contributed by atoms with Crippen LogP contribution in [0.2, 0.25) is 0 Å². The van der Waals surface area contributed by atoms with E-state index in [-0.39, 0.29) is 36.9 Å². The fourth-order valence-corrected chi connectivity index (χ4v) is 4.36. The van der Waals surface area contributed by atoms with Crippen LogP contribution in [0.4, 0.5) is 4.39 Å². The predicted octanol–water partition coefficient (Wildman–Crippen LogP) is 5.54. The first-order valence-electron chi connectivity index (χ1n) is 11.3. The lowest BCUT2D eigenvalue weighted by Gasteiger charge is -2.25. The van der Waals surface area contributed by atoms with Gasteiger partial charge in [0.05, 0.1) is 18.2 Å². The number of halogens is 2. The van der Waals surface area contributed by atoms with Gasteiger partial charge in [-0.1, -0.05) is 46.3 Å². The second-order valence-electron chi connectivity index (χ2n) is 8.44. The molecule has 1 aliphatic heterocycles. The molecule has 0 aliphatic carbocycles. The molecular weight excluding hydrogens is 529 g/mol. The minimum Gasteiger partial charge on any atom is -0.507 e. The molecule has 1 N–H and O–H groups in total. The third-order valence-corrected chi connectivity index (χ3v) is 6.89. The zero-order valence-corrected chi connectivity index (χ0v) is 21.4. The minimum absolute atomic E-state index is 0.00788. The van der Waals surface area contributed by atoms with Crippen LogP contribution in [0.1, 0.15) is 28.3 Å². The number of methoxy groups -OCH3 is 1. The second-order valence-corrected chi connectivity index (χ2v) is 9.29. The number of hydrogen-bond donors (Lipinski definition) is 1. The van der Waals surface area contributed by atoms with E-state index in [0.29, 0.717) is 16.9 Å². The zero-order valence-electron chi connectivity index (χ0n) is 19.8. The summed E-state index contributed by atoms with van der Waals surface area (Å²) in [5.74, 6) is -1.52. The van der Waals surface area contributed by atoms with Crippen molar-refractivity contribution in [3.05, 3.63) is 105 Å². The highest BCUT2D eigenvalue weighted by atomic mass is 79.9. The summed E-state index contributed by atoms with van der Waals surface area (Å²) in [6, 6.07) is 17.4. The average molecular weight is 554 g/mol. The average Bonchev–Trinajstić information content (AvgIpc) is 3.13. The van der Waals surface area contributed by atoms with E-state index in [1.807, 2.05) is 6.92 Å². The quantitative estimate of drug-likeness (QED) is 0.225. The van der Waals surface area contributed by atoms with Crippen LogP contribution in [0.15, 0.2) is 76.8 Å². The molecule has 0 saturated carbocycles. The molecule has 1 unspecified atom stereocenters. The topological polar surface area (TPSA) is 76.1 Å². The van der Waals surface area contributed by atoms with Gasteiger partial charge in [0.2, 0.25) is 0 Å². The molecule has 4 rings (SSSR count). The van der Waals surface area contributed by atoms with Crippen LogP contribution in [0, 0.1) is 12.7 Å². The van der Waals surface area contributed by atoms with E-state index in [0.717, 1.165) is 15.6 Å². The summed E-state index contributed by atoms with van der Waals surface area (Å²) in [5, 5.41) is 11.2. The Morgan fingerprint density at radius 2 is 1.83 bits per heavy atom. The predicted molar refractivity (Wildman–Crippen MR) is 137 cm³/mol. The Balaban J connectivity index is 1.73. The number of rotatable bonds is 8. The number of aliphatic hydroxyl groups excluding tert-OH is 1. The van der Waals surface area contributed by atoms with E-state index >= 15 is 0 Å². The van der Waals surface area contributed by atoms with Crippen LogP contribution in [0.25, 0.3) is 5.76 Å². The lowest BCUT2D eigenvalue weighted by atomic mass is 9.94. The van der Waals surface area contributed by atoms with Gasteiger partial charge in [-0.15, -0.1) is 0 Å². The number of benzene rings is 3. The van der Waals surface area contributed by atoms with Crippen LogP contribution >= 0.6 is 15.9 Å². The molecular formula is C28H25BrFNO5. The van der Waals surface area contributed by atoms with E-state index in [1.165, 1.54) is 24.1 Å². The Morgan fingerprint density at radius 3 is 2.53 bits per heavy atom. The fraction of sp³-hybridized carbons (Fsp3) is 0.214. The van der Waals surface area contributed by atoms with Gasteiger partial charge in [-0.3, -0.25) is 9.59 Å². The third-order valence-electron chi connectivity index (χ3n) is 6.00. The first-order valence-corrected chi connectivity index (χ1v) is 12.1. The number of hydrogen-bond acceptors (Lipinski definition) is 5. The second kappa shape index (κ2) is 11.1. The van der Waals surface area contributed by atoms with E-state index in [4.69, 9.17) is 9.47 Å². The van der Waals surface area contributed by atoms with Gasteiger partial charge in [0.1, 0.15) is 23.9 Å². The fourth-order valence-electron chi connectivity index (χ4n) is 4.12. The Hall–Kier alpha value is -3.49. The van der Waals surface area contributed by atoms with Gasteiger partial charge in [-0.2, -0.15) is 0 Å². The smallest absolute Gasteiger partial charge is 0.295 e. The Morgan fingerprint density at radius 1 is 1.08 bits per heavy atom. The number of carbonyl (C=O) groups excluding carboxylic acids is 2. The third kappa shape index (κ3) is 5.34. The maximum Gasteiger partial charge on any atom is 0.295 e. The highest BCUT2D eigenvalue weighted by Crippen LogP contribution is 2.40. The molecule has 0 spiro atoms. The van der Waals surface area contributed by atoms with Crippen LogP contribution < -0.4 is 4.74 Å². The van der Waals surface area contributed by atoms with Gasteiger partial charge in [0, 0.05) is 23.7 Å². The summed E-state index contributed by atoms with van der Waals surface area (Å²) in [5.41, 5.74) is 2.72. The van der Waals surface area contributed by atoms with Gasteiger partial charge in [0.25, 0.3) is 11.7 Å². The molecule has 1 fully saturated rings. The molecule has 8 heteroatoms. The molecule has 0 bridgehead atoms. The summed E-state index contributed by atoms with van der Waals surface area (Å²) in [6.07, 6.45) is 0. The van der Waals surface area contributed by atoms with E-state index in [2.05, 4.69) is 15.9 Å². The maximum atomic E-state index is 13.2. The van der Waals surface area contributed by atoms with E-state index < -0.39 is 17.7 Å². The van der Waals surface area contributed by atoms with Crippen molar-refractivity contribution in [3.8, 4) is 5.75 Å². The number of aryl methyl sites for hydroxylation is 1. The largest absolute Gasteiger partial charge is 0.507 e. The zero-order chi connectivity index (χ0) is 25.8. The molecule has 1 amide bonds. The maximum absolute atomic E-state index is 13.2. The Labute approximate surface area is 217 Å². The van der Waals surface area contributed by atoms with Crippen molar-refractivity contribution in [2.24, 2.45) is 0 Å². The summed E-state index contributed by atoms with van der Waals surface area (Å²) in [4.78, 5) is 27.5. The van der Waals surface area contributed by atoms with Gasteiger partial charge in [0.15, 0.2) is 0 Å². The molecule has 1 aliphatic rings. The van der Waals surface area contributed by atoms with Crippen LogP contribution in [0.5, 0.6) is 5.75 Å². The number of carbonyl (C=O) groups is 2. The van der Waals surface area contributed by atoms with E-state index in [1.54, 1.807) is 54.6 Å². The van der Waals surface area contributed by atoms with Crippen molar-refractivity contribution in [1.29, 1.82) is 0 Å². The first kappa shape index (κ1) is 25.6. The molecule has 0 aromatic heterocycles. The van der Waals surface area contributed by atoms with Crippen molar-refractivity contribution < 1.29 is 28.6 Å². The number of aliphatic hydroxyl groups is 1. The van der Waals surface area contributed by atoms with Crippen molar-refractivity contribution in [2.75, 3.05) is 20.3 Å². The molecule has 6 nitrogen and oxygen atoms in total. The Kier molecular flexibility index (Phi) is 7.86. The van der Waals surface area contributed by atoms with Gasteiger partial charge < -0.3 is 19.5 Å². The number of Topliss-reactive ketones (excluding diaryl/α,β-unsaturated/α-hetero) is 1. The number of likely N-dealkylation sites (tertiary alicyclic amines) is 1. The summed E-state index contributed by atoms with van der Waals surface area (Å²) < 4.78 is 25.1. The van der Waals surface area contributed by atoms with Crippen molar-refractivity contribution >= 4 is 33.4 Å². The summed E-state index contributed by atoms with van der Waals surface area (Å²) in [7, 11) is 1.51. The number of amides is 1. The van der Waals surface area contributed by atoms with Crippen LogP contribution in [0.3, 0.4) is 0 Å². The molecule has 186 valence electrons. The monoisotopic (exact) mass is 553 g/mol. The lowest BCUT2D eigenvalue weighted by Crippen LogP contribution is -2.32. The molecule has 1 heterocycles. The molecule has 36 heavy (non-hydrogen) atoms. The van der Waals surface area contributed by atoms with Crippen LogP contribution in [-0.4, -0.2) is 42.0 Å². The standard InChI is InChI=1S/C28H25BrFNO5/c1-17-14-20(8-11-23(17)29)26(32)24-25(31(12-13-35-2)28(34)27(24)33)19-4-3-5-22(15-19)36-16-18-6-9-21(30)10-7-18/h3-11,14-15,25,32H,12-13,16H2,1-2H3/b26-24-. The Bertz CT molecular complexity index is 1320. The number of nitrogens with zero attached hydrogens (tertiary/aromatic N) is 1. The normalized spacial score (nSPS) is 17.0. The van der Waals surface area contributed by atoms with Crippen molar-refractivity contribution in [1.82, 2.24) is 4.90 Å². The highest BCUT2D eigenvalue weighted by Gasteiger charge is 2.46. The molecule has 0 radical (unpaired) electrons. The molecule has 3 aromatic carbocycles. The summed E-state index contributed by atoms with van der Waals surface area (Å²) >= 11 is 3.44. The van der Waals surface area contributed by atoms with Crippen LogP contribution in [-0.2, 0) is 20.9 Å². The molecule has 3 aromatic rings. The van der Waals surface area contributed by atoms with Crippen molar-refractivity contribution in [3.63, 3.8) is 0 Å². The SMILES string of the molecule is COCCN1C(=O)C(=O)/C(=C(\O)c2ccc(Br)c(C)c2)C1c1cccc(OCc2ccc(F)cc2)c1. The van der Waals surface area contributed by atoms with Gasteiger partial charge in [-0.25, -0.2) is 4.39 Å². The van der Waals surface area contributed by atoms with Gasteiger partial charge in [-0.05, 0) is 60.0 Å². The van der Waals surface area contributed by atoms with E-state index in [9.17, 15) is 19.1 Å². The van der Waals surface area contributed by atoms with Gasteiger partial charge >= 0.3 is 0 Å². The van der Waals surface area contributed by atoms with Crippen molar-refractivity contribution in [2.45, 2.75) is 19.6 Å². The first-order chi connectivity index (χ1) is 17.3. The minimum atomic E-state index is -0.821. The highest BCUT2D eigenvalue weighted by molar-refractivity contribution is 9.10. The summed E-state index contributed by atoms with van der Waals surface area (Å²) in [6.45, 7) is 2.48. The number of ketones is 1. The lowest BCUT2D eigenvalue weighted by molar-refractivity contribution is -0.140. The number of ether oxygens (including phenoxy) is 2. The molecule has 1 saturated heterocycles.